The van der Waals surface area contributed by atoms with Crippen molar-refractivity contribution in [1.82, 2.24) is 0 Å². The molecule has 0 fully saturated rings. The SMILES string of the molecule is CC(C)(C)c1cc2c(c(C(C)(C)C)c1)OP(=O)(Oc1ccc(Cl)cc1Cl)Oc1c(cc(C(C)(C)C)cc1C(C)(C)C)S2. The van der Waals surface area contributed by atoms with E-state index >= 15 is 0 Å². The molecular formula is C34H43Cl2O4PS. The smallest absolute Gasteiger partial charge is 0.384 e. The van der Waals surface area contributed by atoms with E-state index in [0.717, 1.165) is 32.0 Å². The molecule has 42 heavy (non-hydrogen) atoms. The van der Waals surface area contributed by atoms with Crippen molar-refractivity contribution in [2.24, 2.45) is 0 Å². The summed E-state index contributed by atoms with van der Waals surface area (Å²) in [5.74, 6) is 1.13. The van der Waals surface area contributed by atoms with Gasteiger partial charge in [0.2, 0.25) is 0 Å². The Morgan fingerprint density at radius 1 is 0.643 bits per heavy atom. The van der Waals surface area contributed by atoms with Gasteiger partial charge in [-0.1, -0.05) is 130 Å². The molecule has 0 aromatic heterocycles. The van der Waals surface area contributed by atoms with E-state index in [-0.39, 0.29) is 32.4 Å². The van der Waals surface area contributed by atoms with E-state index in [0.29, 0.717) is 16.5 Å². The van der Waals surface area contributed by atoms with Crippen LogP contribution in [0.3, 0.4) is 0 Å². The van der Waals surface area contributed by atoms with E-state index in [1.807, 2.05) is 0 Å². The standard InChI is InChI=1S/C34H43Cl2O4PS/c1-31(2,3)20-15-23(33(7,8)9)29-27(17-20)42-28-18-21(32(4,5)6)16-24(34(10,11)12)30(28)40-41(37,39-29)38-26-14-13-22(35)19-25(26)36/h13-19H,1-12H3. The topological polar surface area (TPSA) is 44.8 Å². The fourth-order valence-corrected chi connectivity index (χ4v) is 7.67. The van der Waals surface area contributed by atoms with Crippen LogP contribution in [-0.4, -0.2) is 0 Å². The zero-order chi connectivity index (χ0) is 31.6. The van der Waals surface area contributed by atoms with Gasteiger partial charge in [0.15, 0.2) is 17.2 Å². The van der Waals surface area contributed by atoms with Crippen LogP contribution in [0.25, 0.3) is 0 Å². The second-order valence-corrected chi connectivity index (χ2v) is 18.5. The largest absolute Gasteiger partial charge is 0.647 e. The van der Waals surface area contributed by atoms with E-state index in [4.69, 9.17) is 36.8 Å². The summed E-state index contributed by atoms with van der Waals surface area (Å²) in [6.07, 6.45) is 0. The minimum absolute atomic E-state index is 0.127. The van der Waals surface area contributed by atoms with Gasteiger partial charge in [-0.05, 0) is 63.1 Å². The molecule has 0 radical (unpaired) electrons. The Morgan fingerprint density at radius 2 is 1.07 bits per heavy atom. The predicted octanol–water partition coefficient (Wildman–Crippen LogP) is 12.3. The second-order valence-electron chi connectivity index (χ2n) is 15.1. The summed E-state index contributed by atoms with van der Waals surface area (Å²) in [4.78, 5) is 1.71. The first-order chi connectivity index (χ1) is 19.0. The van der Waals surface area contributed by atoms with Crippen LogP contribution in [0.15, 0.2) is 52.3 Å². The van der Waals surface area contributed by atoms with Crippen LogP contribution in [0.4, 0.5) is 0 Å². The van der Waals surface area contributed by atoms with Gasteiger partial charge in [0.05, 0.1) is 14.8 Å². The van der Waals surface area contributed by atoms with Gasteiger partial charge >= 0.3 is 7.82 Å². The average molecular weight is 650 g/mol. The zero-order valence-corrected chi connectivity index (χ0v) is 30.0. The Kier molecular flexibility index (Phi) is 8.66. The first kappa shape index (κ1) is 33.1. The maximum absolute atomic E-state index is 14.9. The van der Waals surface area contributed by atoms with Crippen LogP contribution >= 0.6 is 42.8 Å². The van der Waals surface area contributed by atoms with Crippen molar-refractivity contribution in [3.8, 4) is 17.2 Å². The molecule has 0 N–H and O–H groups in total. The summed E-state index contributed by atoms with van der Waals surface area (Å²) >= 11 is 14.2. The lowest BCUT2D eigenvalue weighted by Crippen LogP contribution is -2.22. The molecule has 1 aliphatic heterocycles. The maximum Gasteiger partial charge on any atom is 0.647 e. The van der Waals surface area contributed by atoms with Gasteiger partial charge in [-0.2, -0.15) is 4.57 Å². The molecule has 0 bridgehead atoms. The number of halogens is 2. The van der Waals surface area contributed by atoms with Gasteiger partial charge in [-0.3, -0.25) is 0 Å². The van der Waals surface area contributed by atoms with Crippen LogP contribution < -0.4 is 13.6 Å². The fraction of sp³-hybridized carbons (Fsp3) is 0.471. The molecule has 0 spiro atoms. The quantitative estimate of drug-likeness (QED) is 0.259. The highest BCUT2D eigenvalue weighted by atomic mass is 35.5. The normalized spacial score (nSPS) is 15.5. The summed E-state index contributed by atoms with van der Waals surface area (Å²) in [6, 6.07) is 13.3. The number of hydrogen-bond donors (Lipinski definition) is 0. The third-order valence-electron chi connectivity index (χ3n) is 7.19. The van der Waals surface area contributed by atoms with Crippen molar-refractivity contribution in [2.45, 2.75) is 115 Å². The lowest BCUT2D eigenvalue weighted by Gasteiger charge is -2.34. The van der Waals surface area contributed by atoms with Crippen molar-refractivity contribution in [3.05, 3.63) is 74.8 Å². The molecule has 3 aromatic carbocycles. The van der Waals surface area contributed by atoms with Crippen molar-refractivity contribution < 1.29 is 18.1 Å². The molecular weight excluding hydrogens is 606 g/mol. The number of phosphoric ester groups is 1. The van der Waals surface area contributed by atoms with E-state index in [2.05, 4.69) is 107 Å². The Labute approximate surface area is 266 Å². The lowest BCUT2D eigenvalue weighted by molar-refractivity contribution is 0.287. The van der Waals surface area contributed by atoms with Gasteiger partial charge in [-0.15, -0.1) is 0 Å². The maximum atomic E-state index is 14.9. The number of phosphoric acid groups is 1. The summed E-state index contributed by atoms with van der Waals surface area (Å²) in [5.41, 5.74) is 3.23. The van der Waals surface area contributed by atoms with Crippen LogP contribution in [0.2, 0.25) is 10.0 Å². The molecule has 0 saturated carbocycles. The van der Waals surface area contributed by atoms with Gasteiger partial charge < -0.3 is 13.6 Å². The molecule has 0 amide bonds. The summed E-state index contributed by atoms with van der Waals surface area (Å²) in [5, 5.41) is 0.645. The molecule has 228 valence electrons. The van der Waals surface area contributed by atoms with Crippen molar-refractivity contribution >= 4 is 42.8 Å². The van der Waals surface area contributed by atoms with Crippen molar-refractivity contribution in [3.63, 3.8) is 0 Å². The highest BCUT2D eigenvalue weighted by Crippen LogP contribution is 2.61. The molecule has 4 rings (SSSR count). The van der Waals surface area contributed by atoms with E-state index in [1.54, 1.807) is 30.0 Å². The third kappa shape index (κ3) is 7.12. The van der Waals surface area contributed by atoms with Gasteiger partial charge in [0, 0.05) is 16.1 Å². The van der Waals surface area contributed by atoms with E-state index in [1.165, 1.54) is 0 Å². The molecule has 0 unspecified atom stereocenters. The van der Waals surface area contributed by atoms with Crippen molar-refractivity contribution in [1.29, 1.82) is 0 Å². The number of benzene rings is 3. The molecule has 3 aromatic rings. The number of rotatable bonds is 2. The summed E-state index contributed by atoms with van der Waals surface area (Å²) in [7, 11) is -4.36. The lowest BCUT2D eigenvalue weighted by atomic mass is 9.80. The Morgan fingerprint density at radius 3 is 1.43 bits per heavy atom. The molecule has 8 heteroatoms. The summed E-state index contributed by atoms with van der Waals surface area (Å²) in [6.45, 7) is 25.9. The molecule has 0 aliphatic carbocycles. The third-order valence-corrected chi connectivity index (χ3v) is 10.00. The Bertz CT molecular complexity index is 1480. The highest BCUT2D eigenvalue weighted by Gasteiger charge is 2.42. The zero-order valence-electron chi connectivity index (χ0n) is 26.8. The van der Waals surface area contributed by atoms with Gasteiger partial charge in [0.25, 0.3) is 0 Å². The molecule has 1 heterocycles. The monoisotopic (exact) mass is 648 g/mol. The Hall–Kier alpha value is -1.78. The molecule has 1 aliphatic rings. The Balaban J connectivity index is 2.10. The average Bonchev–Trinajstić information content (AvgIpc) is 2.79. The van der Waals surface area contributed by atoms with Crippen LogP contribution in [-0.2, 0) is 26.2 Å². The second kappa shape index (κ2) is 11.0. The molecule has 0 saturated heterocycles. The van der Waals surface area contributed by atoms with Crippen LogP contribution in [0, 0.1) is 0 Å². The van der Waals surface area contributed by atoms with E-state index in [9.17, 15) is 4.57 Å². The number of hydrogen-bond acceptors (Lipinski definition) is 5. The minimum Gasteiger partial charge on any atom is -0.384 e. The van der Waals surface area contributed by atoms with Gasteiger partial charge in [0.1, 0.15) is 0 Å². The minimum atomic E-state index is -4.36. The van der Waals surface area contributed by atoms with E-state index < -0.39 is 7.82 Å². The summed E-state index contributed by atoms with van der Waals surface area (Å²) < 4.78 is 33.9. The molecule has 0 atom stereocenters. The first-order valence-corrected chi connectivity index (χ1v) is 17.2. The predicted molar refractivity (Wildman–Crippen MR) is 178 cm³/mol. The molecule has 4 nitrogen and oxygen atoms in total. The highest BCUT2D eigenvalue weighted by molar-refractivity contribution is 7.99. The van der Waals surface area contributed by atoms with Crippen LogP contribution in [0.1, 0.15) is 105 Å². The van der Waals surface area contributed by atoms with Crippen molar-refractivity contribution in [2.75, 3.05) is 0 Å². The number of fused-ring (bicyclic) bond motifs is 2. The fourth-order valence-electron chi connectivity index (χ4n) is 4.59. The first-order valence-electron chi connectivity index (χ1n) is 14.2. The van der Waals surface area contributed by atoms with Crippen LogP contribution in [0.5, 0.6) is 17.2 Å². The van der Waals surface area contributed by atoms with Gasteiger partial charge in [-0.25, -0.2) is 0 Å².